The van der Waals surface area contributed by atoms with Gasteiger partial charge in [-0.3, -0.25) is 4.79 Å². The van der Waals surface area contributed by atoms with Crippen LogP contribution in [0, 0.1) is 0 Å². The van der Waals surface area contributed by atoms with Crippen LogP contribution in [0.4, 0.5) is 13.2 Å². The van der Waals surface area contributed by atoms with Gasteiger partial charge in [-0.05, 0) is 38.5 Å². The second-order valence-electron chi connectivity index (χ2n) is 6.66. The normalized spacial score (nSPS) is 20.8. The van der Waals surface area contributed by atoms with Gasteiger partial charge in [0.1, 0.15) is 5.60 Å². The van der Waals surface area contributed by atoms with Crippen LogP contribution in [0.2, 0.25) is 5.02 Å². The molecule has 0 radical (unpaired) electrons. The smallest absolute Gasteiger partial charge is 0.438 e. The zero-order valence-electron chi connectivity index (χ0n) is 14.1. The number of nitrogens with zero attached hydrogens (tertiary/aromatic N) is 2. The highest BCUT2D eigenvalue weighted by atomic mass is 35.5. The van der Waals surface area contributed by atoms with Crippen molar-refractivity contribution in [1.29, 1.82) is 0 Å². The quantitative estimate of drug-likeness (QED) is 0.588. The number of carbonyl (C=O) groups is 2. The largest absolute Gasteiger partial charge is 0.453 e. The van der Waals surface area contributed by atoms with Crippen LogP contribution in [0.1, 0.15) is 32.8 Å². The Kier molecular flexibility index (Phi) is 5.08. The molecule has 1 N–H and O–H groups in total. The molecule has 2 rings (SSSR count). The monoisotopic (exact) mass is 392 g/mol. The van der Waals surface area contributed by atoms with E-state index < -0.39 is 35.8 Å². The molecule has 1 aromatic carbocycles. The topological polar surface area (TPSA) is 79.2 Å². The van der Waals surface area contributed by atoms with E-state index in [-0.39, 0.29) is 16.3 Å². The van der Waals surface area contributed by atoms with Crippen LogP contribution in [-0.4, -0.2) is 45.2 Å². The molecule has 1 amide bonds. The van der Waals surface area contributed by atoms with Crippen molar-refractivity contribution < 1.29 is 32.6 Å². The molecule has 10 heteroatoms. The number of alkyl halides is 3. The molecule has 1 aliphatic rings. The van der Waals surface area contributed by atoms with Crippen LogP contribution in [0.5, 0.6) is 0 Å². The highest BCUT2D eigenvalue weighted by Crippen LogP contribution is 2.41. The summed E-state index contributed by atoms with van der Waals surface area (Å²) in [6.07, 6.45) is -6.28. The number of hydrogen-bond donors (Lipinski definition) is 1. The van der Waals surface area contributed by atoms with Gasteiger partial charge < -0.3 is 9.84 Å². The molecule has 0 fully saturated rings. The van der Waals surface area contributed by atoms with Gasteiger partial charge in [0.05, 0.1) is 12.1 Å². The SMILES string of the molecule is CC(C)(C)OC(=O)C(=O)N1N=C(c2ccc(Cl)cc2)CC1(O)C(F)(F)F. The van der Waals surface area contributed by atoms with Crippen molar-refractivity contribution in [3.63, 3.8) is 0 Å². The van der Waals surface area contributed by atoms with Crippen molar-refractivity contribution in [2.75, 3.05) is 0 Å². The molecule has 0 aromatic heterocycles. The molecule has 0 saturated carbocycles. The third-order valence-corrected chi connectivity index (χ3v) is 3.63. The van der Waals surface area contributed by atoms with Crippen LogP contribution in [0.25, 0.3) is 0 Å². The lowest BCUT2D eigenvalue weighted by Gasteiger charge is -2.32. The first-order valence-electron chi connectivity index (χ1n) is 7.45. The summed E-state index contributed by atoms with van der Waals surface area (Å²) in [7, 11) is 0. The van der Waals surface area contributed by atoms with Crippen LogP contribution in [0.3, 0.4) is 0 Å². The maximum atomic E-state index is 13.4. The Morgan fingerprint density at radius 3 is 2.23 bits per heavy atom. The Morgan fingerprint density at radius 2 is 1.77 bits per heavy atom. The number of amides is 1. The van der Waals surface area contributed by atoms with E-state index in [1.165, 1.54) is 45.0 Å². The number of halogens is 4. The van der Waals surface area contributed by atoms with Crippen molar-refractivity contribution in [2.24, 2.45) is 5.10 Å². The third-order valence-electron chi connectivity index (χ3n) is 3.38. The Bertz CT molecular complexity index is 756. The standard InChI is InChI=1S/C16H16ClF3N2O4/c1-14(2,3)26-13(24)12(23)22-15(25,16(18,19)20)8-11(21-22)9-4-6-10(17)7-5-9/h4-7,25H,8H2,1-3H3. The van der Waals surface area contributed by atoms with Gasteiger partial charge in [-0.2, -0.15) is 23.3 Å². The van der Waals surface area contributed by atoms with Gasteiger partial charge in [-0.25, -0.2) is 4.79 Å². The first-order valence-corrected chi connectivity index (χ1v) is 7.82. The average molecular weight is 393 g/mol. The molecular formula is C16H16ClF3N2O4. The number of esters is 1. The maximum absolute atomic E-state index is 13.4. The second kappa shape index (κ2) is 6.55. The van der Waals surface area contributed by atoms with Crippen molar-refractivity contribution in [2.45, 2.75) is 44.7 Å². The Balaban J connectivity index is 2.42. The van der Waals surface area contributed by atoms with Crippen LogP contribution in [0.15, 0.2) is 29.4 Å². The predicted molar refractivity (Wildman–Crippen MR) is 86.3 cm³/mol. The van der Waals surface area contributed by atoms with E-state index in [1.807, 2.05) is 0 Å². The Morgan fingerprint density at radius 1 is 1.23 bits per heavy atom. The van der Waals surface area contributed by atoms with Gasteiger partial charge in [0, 0.05) is 5.02 Å². The summed E-state index contributed by atoms with van der Waals surface area (Å²) in [5.74, 6) is -3.27. The number of hydrazone groups is 1. The van der Waals surface area contributed by atoms with Gasteiger partial charge >= 0.3 is 18.1 Å². The molecular weight excluding hydrogens is 377 g/mol. The molecule has 1 atom stereocenters. The Labute approximate surface area is 152 Å². The lowest BCUT2D eigenvalue weighted by molar-refractivity contribution is -0.302. The fourth-order valence-corrected chi connectivity index (χ4v) is 2.32. The fourth-order valence-electron chi connectivity index (χ4n) is 2.19. The predicted octanol–water partition coefficient (Wildman–Crippen LogP) is 2.87. The average Bonchev–Trinajstić information content (AvgIpc) is 2.84. The minimum atomic E-state index is -5.25. The van der Waals surface area contributed by atoms with Gasteiger partial charge in [-0.1, -0.05) is 23.7 Å². The number of rotatable bonds is 1. The summed E-state index contributed by atoms with van der Waals surface area (Å²) >= 11 is 5.73. The van der Waals surface area contributed by atoms with E-state index in [9.17, 15) is 27.9 Å². The van der Waals surface area contributed by atoms with E-state index in [0.717, 1.165) is 0 Å². The molecule has 0 spiro atoms. The summed E-state index contributed by atoms with van der Waals surface area (Å²) in [6.45, 7) is 4.33. The molecule has 1 aromatic rings. The van der Waals surface area contributed by atoms with Crippen molar-refractivity contribution >= 4 is 29.2 Å². The summed E-state index contributed by atoms with van der Waals surface area (Å²) in [5.41, 5.74) is -4.77. The highest BCUT2D eigenvalue weighted by Gasteiger charge is 2.64. The van der Waals surface area contributed by atoms with Gasteiger partial charge in [0.15, 0.2) is 0 Å². The molecule has 1 heterocycles. The zero-order chi connectivity index (χ0) is 19.9. The van der Waals surface area contributed by atoms with E-state index in [4.69, 9.17) is 16.3 Å². The highest BCUT2D eigenvalue weighted by molar-refractivity contribution is 6.33. The number of aliphatic hydroxyl groups is 1. The zero-order valence-corrected chi connectivity index (χ0v) is 14.9. The minimum absolute atomic E-state index is 0.219. The molecule has 0 bridgehead atoms. The van der Waals surface area contributed by atoms with E-state index in [2.05, 4.69) is 5.10 Å². The first kappa shape index (κ1) is 20.2. The summed E-state index contributed by atoms with van der Waals surface area (Å²) in [5, 5.41) is 13.7. The molecule has 0 aliphatic carbocycles. The lowest BCUT2D eigenvalue weighted by Crippen LogP contribution is -2.58. The van der Waals surface area contributed by atoms with Crippen LogP contribution in [-0.2, 0) is 14.3 Å². The summed E-state index contributed by atoms with van der Waals surface area (Å²) < 4.78 is 45.0. The minimum Gasteiger partial charge on any atom is -0.453 e. The summed E-state index contributed by atoms with van der Waals surface area (Å²) in [4.78, 5) is 24.0. The number of hydrogen-bond acceptors (Lipinski definition) is 5. The van der Waals surface area contributed by atoms with Crippen molar-refractivity contribution in [3.8, 4) is 0 Å². The third kappa shape index (κ3) is 3.99. The van der Waals surface area contributed by atoms with Gasteiger partial charge in [0.2, 0.25) is 0 Å². The van der Waals surface area contributed by atoms with E-state index >= 15 is 0 Å². The molecule has 1 aliphatic heterocycles. The molecule has 0 saturated heterocycles. The molecule has 1 unspecified atom stereocenters. The van der Waals surface area contributed by atoms with Gasteiger partial charge in [-0.15, -0.1) is 0 Å². The first-order chi connectivity index (χ1) is 11.7. The number of carbonyl (C=O) groups excluding carboxylic acids is 2. The Hall–Kier alpha value is -2.13. The van der Waals surface area contributed by atoms with Crippen LogP contribution < -0.4 is 0 Å². The van der Waals surface area contributed by atoms with E-state index in [1.54, 1.807) is 0 Å². The van der Waals surface area contributed by atoms with Crippen molar-refractivity contribution in [3.05, 3.63) is 34.9 Å². The number of ether oxygens (including phenoxy) is 1. The fraction of sp³-hybridized carbons (Fsp3) is 0.438. The van der Waals surface area contributed by atoms with Gasteiger partial charge in [0.25, 0.3) is 5.72 Å². The molecule has 142 valence electrons. The number of benzene rings is 1. The van der Waals surface area contributed by atoms with E-state index in [0.29, 0.717) is 5.02 Å². The van der Waals surface area contributed by atoms with Crippen LogP contribution >= 0.6 is 11.6 Å². The lowest BCUT2D eigenvalue weighted by atomic mass is 10.0. The maximum Gasteiger partial charge on any atom is 0.438 e. The van der Waals surface area contributed by atoms with Crippen molar-refractivity contribution in [1.82, 2.24) is 5.01 Å². The second-order valence-corrected chi connectivity index (χ2v) is 7.10. The molecule has 6 nitrogen and oxygen atoms in total. The summed E-state index contributed by atoms with van der Waals surface area (Å²) in [6, 6.07) is 5.62. The molecule has 26 heavy (non-hydrogen) atoms.